The Morgan fingerprint density at radius 2 is 1.79 bits per heavy atom. The number of aliphatic imine (C=N–C) groups is 1. The summed E-state index contributed by atoms with van der Waals surface area (Å²) in [5, 5.41) is 0. The first-order chi connectivity index (χ1) is 9.26. The highest BCUT2D eigenvalue weighted by atomic mass is 16.6. The highest BCUT2D eigenvalue weighted by molar-refractivity contribution is 5.67. The minimum Gasteiger partial charge on any atom is -0.450 e. The predicted octanol–water partition coefficient (Wildman–Crippen LogP) is 3.14. The van der Waals surface area contributed by atoms with Gasteiger partial charge in [-0.3, -0.25) is 0 Å². The maximum absolute atomic E-state index is 11.7. The Morgan fingerprint density at radius 1 is 1.11 bits per heavy atom. The van der Waals surface area contributed by atoms with Gasteiger partial charge in [0.15, 0.2) is 0 Å². The highest BCUT2D eigenvalue weighted by Gasteiger charge is 2.12. The van der Waals surface area contributed by atoms with E-state index in [0.717, 1.165) is 51.6 Å². The van der Waals surface area contributed by atoms with Gasteiger partial charge in [0.25, 0.3) is 0 Å². The molecule has 0 radical (unpaired) electrons. The monoisotopic (exact) mass is 270 g/mol. The molecule has 0 spiro atoms. The molecule has 0 aromatic carbocycles. The van der Waals surface area contributed by atoms with Crippen LogP contribution in [-0.2, 0) is 9.53 Å². The van der Waals surface area contributed by atoms with Crippen LogP contribution in [0.2, 0.25) is 0 Å². The van der Waals surface area contributed by atoms with Gasteiger partial charge in [0.05, 0.1) is 13.2 Å². The third-order valence-electron chi connectivity index (χ3n) is 2.82. The molecule has 0 aromatic rings. The fourth-order valence-electron chi connectivity index (χ4n) is 1.75. The van der Waals surface area contributed by atoms with Crippen LogP contribution in [-0.4, -0.2) is 43.3 Å². The third kappa shape index (κ3) is 10.3. The van der Waals surface area contributed by atoms with Gasteiger partial charge in [-0.2, -0.15) is 0 Å². The summed E-state index contributed by atoms with van der Waals surface area (Å²) >= 11 is 0. The number of amides is 1. The van der Waals surface area contributed by atoms with E-state index >= 15 is 0 Å². The van der Waals surface area contributed by atoms with Crippen molar-refractivity contribution in [3.05, 3.63) is 0 Å². The number of carbonyl (C=O) groups excluding carboxylic acids is 2. The maximum atomic E-state index is 11.7. The number of ether oxygens (including phenoxy) is 1. The van der Waals surface area contributed by atoms with Gasteiger partial charge in [-0.1, -0.05) is 26.2 Å². The Labute approximate surface area is 116 Å². The van der Waals surface area contributed by atoms with E-state index in [-0.39, 0.29) is 6.09 Å². The summed E-state index contributed by atoms with van der Waals surface area (Å²) in [6, 6.07) is 0. The van der Waals surface area contributed by atoms with Crippen LogP contribution in [0.25, 0.3) is 0 Å². The van der Waals surface area contributed by atoms with Gasteiger partial charge < -0.3 is 9.64 Å². The van der Waals surface area contributed by atoms with Crippen molar-refractivity contribution in [3.8, 4) is 0 Å². The van der Waals surface area contributed by atoms with Crippen LogP contribution in [0, 0.1) is 0 Å². The van der Waals surface area contributed by atoms with Crippen LogP contribution in [0.3, 0.4) is 0 Å². The number of nitrogens with zero attached hydrogens (tertiary/aromatic N) is 2. The van der Waals surface area contributed by atoms with Gasteiger partial charge in [-0.15, -0.1) is 0 Å². The summed E-state index contributed by atoms with van der Waals surface area (Å²) < 4.78 is 5.04. The second-order valence-electron chi connectivity index (χ2n) is 4.43. The van der Waals surface area contributed by atoms with Crippen molar-refractivity contribution < 1.29 is 14.3 Å². The van der Waals surface area contributed by atoms with E-state index in [9.17, 15) is 9.59 Å². The normalized spacial score (nSPS) is 9.79. The predicted molar refractivity (Wildman–Crippen MR) is 75.0 cm³/mol. The summed E-state index contributed by atoms with van der Waals surface area (Å²) in [6.07, 6.45) is 7.34. The SMILES string of the molecule is CCCCN(CCCCCCN=C=O)C(=O)OCC. The van der Waals surface area contributed by atoms with E-state index in [1.165, 1.54) is 6.08 Å². The summed E-state index contributed by atoms with van der Waals surface area (Å²) in [5.41, 5.74) is 0. The van der Waals surface area contributed by atoms with Gasteiger partial charge in [-0.25, -0.2) is 14.6 Å². The molecule has 0 atom stereocenters. The molecule has 0 fully saturated rings. The van der Waals surface area contributed by atoms with E-state index in [0.29, 0.717) is 13.2 Å². The number of rotatable bonds is 11. The molecule has 0 N–H and O–H groups in total. The Balaban J connectivity index is 3.78. The zero-order valence-electron chi connectivity index (χ0n) is 12.2. The van der Waals surface area contributed by atoms with E-state index < -0.39 is 0 Å². The van der Waals surface area contributed by atoms with E-state index in [1.807, 2.05) is 6.92 Å². The quantitative estimate of drug-likeness (QED) is 0.329. The van der Waals surface area contributed by atoms with E-state index in [4.69, 9.17) is 4.74 Å². The van der Waals surface area contributed by atoms with Crippen molar-refractivity contribution in [2.45, 2.75) is 52.4 Å². The lowest BCUT2D eigenvalue weighted by Crippen LogP contribution is -2.33. The molecule has 5 heteroatoms. The van der Waals surface area contributed by atoms with Crippen LogP contribution in [0.15, 0.2) is 4.99 Å². The molecule has 0 aliphatic heterocycles. The first-order valence-corrected chi connectivity index (χ1v) is 7.21. The molecule has 1 amide bonds. The van der Waals surface area contributed by atoms with Gasteiger partial charge in [0.1, 0.15) is 0 Å². The van der Waals surface area contributed by atoms with Crippen molar-refractivity contribution >= 4 is 12.2 Å². The Bertz CT molecular complexity index is 276. The lowest BCUT2D eigenvalue weighted by atomic mass is 10.2. The van der Waals surface area contributed by atoms with Crippen LogP contribution < -0.4 is 0 Å². The van der Waals surface area contributed by atoms with E-state index in [2.05, 4.69) is 11.9 Å². The van der Waals surface area contributed by atoms with Crippen molar-refractivity contribution in [2.75, 3.05) is 26.2 Å². The molecule has 0 bridgehead atoms. The van der Waals surface area contributed by atoms with Crippen LogP contribution >= 0.6 is 0 Å². The van der Waals surface area contributed by atoms with Crippen molar-refractivity contribution in [1.82, 2.24) is 4.90 Å². The number of isocyanates is 1. The fraction of sp³-hybridized carbons (Fsp3) is 0.857. The first-order valence-electron chi connectivity index (χ1n) is 7.21. The molecule has 19 heavy (non-hydrogen) atoms. The van der Waals surface area contributed by atoms with Crippen LogP contribution in [0.5, 0.6) is 0 Å². The zero-order valence-corrected chi connectivity index (χ0v) is 12.2. The molecule has 0 heterocycles. The van der Waals surface area contributed by atoms with Gasteiger partial charge in [0.2, 0.25) is 6.08 Å². The number of carbonyl (C=O) groups is 1. The molecule has 110 valence electrons. The Kier molecular flexibility index (Phi) is 12.2. The van der Waals surface area contributed by atoms with E-state index in [1.54, 1.807) is 4.90 Å². The lowest BCUT2D eigenvalue weighted by Gasteiger charge is -2.21. The molecular formula is C14H26N2O3. The first kappa shape index (κ1) is 17.6. The molecule has 5 nitrogen and oxygen atoms in total. The fourth-order valence-corrected chi connectivity index (χ4v) is 1.75. The largest absolute Gasteiger partial charge is 0.450 e. The van der Waals surface area contributed by atoms with Gasteiger partial charge >= 0.3 is 6.09 Å². The smallest absolute Gasteiger partial charge is 0.409 e. The van der Waals surface area contributed by atoms with Crippen molar-refractivity contribution in [3.63, 3.8) is 0 Å². The average molecular weight is 270 g/mol. The van der Waals surface area contributed by atoms with Crippen LogP contribution in [0.4, 0.5) is 4.79 Å². The molecular weight excluding hydrogens is 244 g/mol. The van der Waals surface area contributed by atoms with Gasteiger partial charge in [-0.05, 0) is 26.2 Å². The highest BCUT2D eigenvalue weighted by Crippen LogP contribution is 2.05. The molecule has 0 unspecified atom stereocenters. The van der Waals surface area contributed by atoms with Crippen LogP contribution in [0.1, 0.15) is 52.4 Å². The number of hydrogen-bond donors (Lipinski definition) is 0. The molecule has 0 aliphatic rings. The third-order valence-corrected chi connectivity index (χ3v) is 2.82. The molecule has 0 aromatic heterocycles. The molecule has 0 rings (SSSR count). The Morgan fingerprint density at radius 3 is 2.42 bits per heavy atom. The minimum absolute atomic E-state index is 0.207. The Hall–Kier alpha value is -1.35. The summed E-state index contributed by atoms with van der Waals surface area (Å²) in [5.74, 6) is 0. The molecule has 0 aliphatic carbocycles. The second kappa shape index (κ2) is 13.1. The molecule has 0 saturated carbocycles. The lowest BCUT2D eigenvalue weighted by molar-refractivity contribution is 0.106. The standard InChI is InChI=1S/C14H26N2O3/c1-3-5-11-16(14(18)19-4-2)12-9-7-6-8-10-15-13-17/h3-12H2,1-2H3. The maximum Gasteiger partial charge on any atom is 0.409 e. The van der Waals surface area contributed by atoms with Gasteiger partial charge in [0, 0.05) is 13.1 Å². The summed E-state index contributed by atoms with van der Waals surface area (Å²) in [6.45, 7) is 6.42. The summed E-state index contributed by atoms with van der Waals surface area (Å²) in [7, 11) is 0. The zero-order chi connectivity index (χ0) is 14.3. The number of hydrogen-bond acceptors (Lipinski definition) is 4. The van der Waals surface area contributed by atoms with Crippen molar-refractivity contribution in [1.29, 1.82) is 0 Å². The second-order valence-corrected chi connectivity index (χ2v) is 4.43. The van der Waals surface area contributed by atoms with Crippen molar-refractivity contribution in [2.24, 2.45) is 4.99 Å². The minimum atomic E-state index is -0.207. The average Bonchev–Trinajstić information content (AvgIpc) is 2.41. The summed E-state index contributed by atoms with van der Waals surface area (Å²) in [4.78, 5) is 26.9. The number of unbranched alkanes of at least 4 members (excludes halogenated alkanes) is 4. The topological polar surface area (TPSA) is 59.0 Å². The molecule has 0 saturated heterocycles.